The average Bonchev–Trinajstić information content (AvgIpc) is 3.87. The van der Waals surface area contributed by atoms with E-state index in [0.29, 0.717) is 34.4 Å². The van der Waals surface area contributed by atoms with Gasteiger partial charge in [0.25, 0.3) is 0 Å². The summed E-state index contributed by atoms with van der Waals surface area (Å²) in [5.41, 5.74) is 1.02. The quantitative estimate of drug-likeness (QED) is 0.265. The molecule has 2 heterocycles. The van der Waals surface area contributed by atoms with Crippen LogP contribution in [0.1, 0.15) is 12.8 Å². The zero-order valence-corrected chi connectivity index (χ0v) is 23.6. The van der Waals surface area contributed by atoms with Crippen molar-refractivity contribution in [2.45, 2.75) is 12.8 Å². The molecule has 0 radical (unpaired) electrons. The largest absolute Gasteiger partial charge is 0.457 e. The van der Waals surface area contributed by atoms with Gasteiger partial charge in [-0.1, -0.05) is 42.5 Å². The van der Waals surface area contributed by atoms with Crippen molar-refractivity contribution in [1.82, 2.24) is 0 Å². The Kier molecular flexibility index (Phi) is 5.37. The minimum absolute atomic E-state index is 0.129. The molecule has 0 aromatic heterocycles. The molecule has 2 saturated carbocycles. The third kappa shape index (κ3) is 3.63. The smallest absolute Gasteiger partial charge is 0.238 e. The maximum atomic E-state index is 13.3. The fourth-order valence-corrected chi connectivity index (χ4v) is 8.56. The van der Waals surface area contributed by atoms with Crippen LogP contribution in [0.15, 0.2) is 97.1 Å². The number of anilines is 2. The Bertz CT molecular complexity index is 1660. The molecule has 3 aromatic carbocycles. The summed E-state index contributed by atoms with van der Waals surface area (Å²) >= 11 is 0. The van der Waals surface area contributed by atoms with Gasteiger partial charge in [-0.05, 0) is 72.9 Å². The molecule has 8 nitrogen and oxygen atoms in total. The predicted molar refractivity (Wildman–Crippen MR) is 160 cm³/mol. The Morgan fingerprint density at radius 1 is 0.455 bits per heavy atom. The number of allylic oxidation sites excluding steroid dienone is 4. The number of rotatable bonds is 6. The van der Waals surface area contributed by atoms with Crippen molar-refractivity contribution in [2.24, 2.45) is 47.3 Å². The summed E-state index contributed by atoms with van der Waals surface area (Å²) in [5, 5.41) is 0. The van der Waals surface area contributed by atoms with E-state index in [1.54, 1.807) is 72.8 Å². The van der Waals surface area contributed by atoms with Crippen molar-refractivity contribution in [3.8, 4) is 23.0 Å². The number of benzene rings is 3. The van der Waals surface area contributed by atoms with E-state index in [2.05, 4.69) is 24.3 Å². The minimum atomic E-state index is -0.261. The molecule has 218 valence electrons. The second-order valence-corrected chi connectivity index (χ2v) is 12.7. The Balaban J connectivity index is 0.918. The number of nitrogens with zero attached hydrogens (tertiary/aromatic N) is 2. The third-order valence-corrected chi connectivity index (χ3v) is 10.4. The van der Waals surface area contributed by atoms with E-state index in [-0.39, 0.29) is 71.0 Å². The van der Waals surface area contributed by atoms with Crippen molar-refractivity contribution in [1.29, 1.82) is 0 Å². The standard InChI is InChI=1S/C36H28N2O6/c39-33-29-19-10-11-20(14-19)30(29)34(40)37(33)23-4-1-6-25(16-23)43-27-8-3-9-28(18-27)44-26-7-2-5-24(17-26)38-35(41)31-21-12-13-22(15-21)32(31)36(38)42/h1-13,16-22,29-32H,14-15H2/t19-,20-,21-,22-,29+,30+,31+,32+/m0/s1. The molecule has 44 heavy (non-hydrogen) atoms. The Morgan fingerprint density at radius 3 is 1.14 bits per heavy atom. The van der Waals surface area contributed by atoms with Crippen LogP contribution in [0.3, 0.4) is 0 Å². The lowest BCUT2D eigenvalue weighted by Crippen LogP contribution is -2.32. The van der Waals surface area contributed by atoms with Gasteiger partial charge in [-0.25, -0.2) is 9.80 Å². The SMILES string of the molecule is O=C1[C@H]2[C@H](C(=O)N1c1cccc(Oc3cccc(Oc4cccc(N5C(=O)[C@H]6[C@H](C5=O)[C@H]5C=C[C@H]6C5)c4)c3)c1)[C@H]1C=C[C@H]2C1. The van der Waals surface area contributed by atoms with Gasteiger partial charge in [0, 0.05) is 18.2 Å². The first-order valence-electron chi connectivity index (χ1n) is 15.2. The summed E-state index contributed by atoms with van der Waals surface area (Å²) in [7, 11) is 0. The van der Waals surface area contributed by atoms with Gasteiger partial charge in [0.15, 0.2) is 0 Å². The van der Waals surface area contributed by atoms with Crippen LogP contribution in [0.25, 0.3) is 0 Å². The number of fused-ring (bicyclic) bond motifs is 10. The number of carbonyl (C=O) groups excluding carboxylic acids is 4. The van der Waals surface area contributed by atoms with Crippen LogP contribution in [0.2, 0.25) is 0 Å². The molecule has 3 aromatic rings. The molecule has 0 N–H and O–H groups in total. The Morgan fingerprint density at radius 2 is 0.773 bits per heavy atom. The maximum Gasteiger partial charge on any atom is 0.238 e. The number of hydrogen-bond acceptors (Lipinski definition) is 6. The van der Waals surface area contributed by atoms with Gasteiger partial charge < -0.3 is 9.47 Å². The first-order chi connectivity index (χ1) is 21.4. The van der Waals surface area contributed by atoms with Gasteiger partial charge in [-0.2, -0.15) is 0 Å². The normalized spacial score (nSPS) is 32.3. The van der Waals surface area contributed by atoms with E-state index < -0.39 is 0 Å². The highest BCUT2D eigenvalue weighted by Gasteiger charge is 2.60. The van der Waals surface area contributed by atoms with Crippen LogP contribution in [-0.4, -0.2) is 23.6 Å². The molecule has 6 aliphatic rings. The second-order valence-electron chi connectivity index (χ2n) is 12.7. The summed E-state index contributed by atoms with van der Waals surface area (Å²) in [5.74, 6) is 1.03. The van der Waals surface area contributed by atoms with E-state index in [0.717, 1.165) is 12.8 Å². The van der Waals surface area contributed by atoms with Crippen LogP contribution in [0, 0.1) is 47.3 Å². The first kappa shape index (κ1) is 25.5. The number of imide groups is 2. The van der Waals surface area contributed by atoms with Crippen LogP contribution in [0.4, 0.5) is 11.4 Å². The Hall–Kier alpha value is -4.98. The highest BCUT2D eigenvalue weighted by molar-refractivity contribution is 6.23. The van der Waals surface area contributed by atoms with Crippen molar-refractivity contribution < 1.29 is 28.7 Å². The summed E-state index contributed by atoms with van der Waals surface area (Å²) in [6.07, 6.45) is 10.1. The lowest BCUT2D eigenvalue weighted by molar-refractivity contribution is -0.124. The zero-order chi connectivity index (χ0) is 29.7. The van der Waals surface area contributed by atoms with Gasteiger partial charge in [0.1, 0.15) is 23.0 Å². The van der Waals surface area contributed by atoms with Crippen LogP contribution >= 0.6 is 0 Å². The molecular weight excluding hydrogens is 556 g/mol. The van der Waals surface area contributed by atoms with Crippen LogP contribution in [0.5, 0.6) is 23.0 Å². The molecule has 8 atom stereocenters. The van der Waals surface area contributed by atoms with Gasteiger partial charge in [-0.3, -0.25) is 19.2 Å². The maximum absolute atomic E-state index is 13.3. The zero-order valence-electron chi connectivity index (χ0n) is 23.6. The molecule has 2 saturated heterocycles. The van der Waals surface area contributed by atoms with Crippen molar-refractivity contribution in [2.75, 3.05) is 9.80 Å². The second kappa shape index (κ2) is 9.26. The molecule has 2 aliphatic heterocycles. The molecule has 8 heteroatoms. The fraction of sp³-hybridized carbons (Fsp3) is 0.278. The average molecular weight is 585 g/mol. The monoisotopic (exact) mass is 584 g/mol. The summed E-state index contributed by atoms with van der Waals surface area (Å²) in [6, 6.07) is 21.2. The van der Waals surface area contributed by atoms with E-state index in [1.165, 1.54) is 9.80 Å². The van der Waals surface area contributed by atoms with Crippen LogP contribution < -0.4 is 19.3 Å². The van der Waals surface area contributed by atoms with Gasteiger partial charge in [0.2, 0.25) is 23.6 Å². The highest BCUT2D eigenvalue weighted by Crippen LogP contribution is 2.54. The van der Waals surface area contributed by atoms with Crippen molar-refractivity contribution >= 4 is 35.0 Å². The fourth-order valence-electron chi connectivity index (χ4n) is 8.56. The summed E-state index contributed by atoms with van der Waals surface area (Å²) in [6.45, 7) is 0. The molecule has 4 bridgehead atoms. The van der Waals surface area contributed by atoms with Gasteiger partial charge in [-0.15, -0.1) is 0 Å². The molecule has 9 rings (SSSR count). The van der Waals surface area contributed by atoms with Gasteiger partial charge >= 0.3 is 0 Å². The summed E-state index contributed by atoms with van der Waals surface area (Å²) in [4.78, 5) is 55.7. The number of ether oxygens (including phenoxy) is 2. The lowest BCUT2D eigenvalue weighted by Gasteiger charge is -2.18. The van der Waals surface area contributed by atoms with E-state index >= 15 is 0 Å². The van der Waals surface area contributed by atoms with Crippen molar-refractivity contribution in [3.05, 3.63) is 97.1 Å². The molecule has 0 spiro atoms. The minimum Gasteiger partial charge on any atom is -0.457 e. The van der Waals surface area contributed by atoms with Gasteiger partial charge in [0.05, 0.1) is 35.0 Å². The topological polar surface area (TPSA) is 93.2 Å². The molecular formula is C36H28N2O6. The Labute approximate surface area is 253 Å². The van der Waals surface area contributed by atoms with Crippen molar-refractivity contribution in [3.63, 3.8) is 0 Å². The third-order valence-electron chi connectivity index (χ3n) is 10.4. The van der Waals surface area contributed by atoms with Crippen LogP contribution in [-0.2, 0) is 19.2 Å². The molecule has 0 unspecified atom stereocenters. The molecule has 4 fully saturated rings. The number of hydrogen-bond donors (Lipinski definition) is 0. The van der Waals surface area contributed by atoms with E-state index in [4.69, 9.17) is 9.47 Å². The molecule has 4 amide bonds. The number of amides is 4. The highest BCUT2D eigenvalue weighted by atomic mass is 16.5. The molecule has 4 aliphatic carbocycles. The van der Waals surface area contributed by atoms with E-state index in [1.807, 2.05) is 0 Å². The lowest BCUT2D eigenvalue weighted by atomic mass is 9.85. The number of carbonyl (C=O) groups is 4. The summed E-state index contributed by atoms with van der Waals surface area (Å²) < 4.78 is 12.3. The van der Waals surface area contributed by atoms with E-state index in [9.17, 15) is 19.2 Å². The first-order valence-corrected chi connectivity index (χ1v) is 15.2. The predicted octanol–water partition coefficient (Wildman–Crippen LogP) is 5.89.